The lowest BCUT2D eigenvalue weighted by molar-refractivity contribution is -0.133. The molecule has 2 N–H and O–H groups in total. The zero-order chi connectivity index (χ0) is 14.1. The number of amides is 1. The van der Waals surface area contributed by atoms with Crippen LogP contribution in [0.25, 0.3) is 0 Å². The van der Waals surface area contributed by atoms with E-state index in [9.17, 15) is 4.79 Å². The van der Waals surface area contributed by atoms with Crippen LogP contribution in [0.3, 0.4) is 0 Å². The average molecular weight is 264 g/mol. The number of rotatable bonds is 8. The first-order valence-electron chi connectivity index (χ1n) is 6.76. The van der Waals surface area contributed by atoms with Crippen LogP contribution in [-0.2, 0) is 16.0 Å². The fourth-order valence-corrected chi connectivity index (χ4v) is 1.95. The van der Waals surface area contributed by atoms with Gasteiger partial charge < -0.3 is 15.4 Å². The average Bonchev–Trinajstić information content (AvgIpc) is 2.46. The minimum absolute atomic E-state index is 0.00970. The molecule has 0 saturated heterocycles. The Balaban J connectivity index is 2.42. The van der Waals surface area contributed by atoms with Gasteiger partial charge in [-0.1, -0.05) is 30.3 Å². The molecule has 1 aromatic rings. The van der Waals surface area contributed by atoms with Gasteiger partial charge in [0, 0.05) is 20.2 Å². The van der Waals surface area contributed by atoms with Gasteiger partial charge in [-0.3, -0.25) is 4.79 Å². The first kappa shape index (κ1) is 15.7. The highest BCUT2D eigenvalue weighted by atomic mass is 16.5. The van der Waals surface area contributed by atoms with Crippen molar-refractivity contribution in [2.75, 3.05) is 26.8 Å². The van der Waals surface area contributed by atoms with E-state index in [4.69, 9.17) is 10.5 Å². The summed E-state index contributed by atoms with van der Waals surface area (Å²) in [5.74, 6) is 0.00970. The van der Waals surface area contributed by atoms with Crippen molar-refractivity contribution in [3.8, 4) is 0 Å². The highest BCUT2D eigenvalue weighted by Crippen LogP contribution is 2.06. The predicted molar refractivity (Wildman–Crippen MR) is 76.9 cm³/mol. The van der Waals surface area contributed by atoms with Gasteiger partial charge in [0.15, 0.2) is 0 Å². The van der Waals surface area contributed by atoms with Crippen molar-refractivity contribution < 1.29 is 9.53 Å². The Bertz CT molecular complexity index is 368. The standard InChI is InChI=1S/C15H24N2O2/c1-3-17(11-12-19-2)15(18)14(16)10-9-13-7-5-4-6-8-13/h4-8,14H,3,9-12,16H2,1-2H3. The minimum Gasteiger partial charge on any atom is -0.383 e. The second kappa shape index (κ2) is 8.67. The molecule has 0 radical (unpaired) electrons. The van der Waals surface area contributed by atoms with Crippen LogP contribution in [0.5, 0.6) is 0 Å². The van der Waals surface area contributed by atoms with E-state index in [1.165, 1.54) is 5.56 Å². The van der Waals surface area contributed by atoms with E-state index in [-0.39, 0.29) is 5.91 Å². The Morgan fingerprint density at radius 1 is 1.37 bits per heavy atom. The van der Waals surface area contributed by atoms with Gasteiger partial charge in [-0.15, -0.1) is 0 Å². The summed E-state index contributed by atoms with van der Waals surface area (Å²) in [7, 11) is 1.63. The molecule has 0 spiro atoms. The normalized spacial score (nSPS) is 12.2. The largest absolute Gasteiger partial charge is 0.383 e. The van der Waals surface area contributed by atoms with Crippen molar-refractivity contribution in [3.05, 3.63) is 35.9 Å². The van der Waals surface area contributed by atoms with E-state index in [0.717, 1.165) is 6.42 Å². The van der Waals surface area contributed by atoms with E-state index in [0.29, 0.717) is 26.1 Å². The van der Waals surface area contributed by atoms with Crippen molar-refractivity contribution >= 4 is 5.91 Å². The molecule has 19 heavy (non-hydrogen) atoms. The molecule has 1 amide bonds. The van der Waals surface area contributed by atoms with E-state index < -0.39 is 6.04 Å². The fourth-order valence-electron chi connectivity index (χ4n) is 1.95. The summed E-state index contributed by atoms with van der Waals surface area (Å²) in [6.45, 7) is 3.77. The Hall–Kier alpha value is -1.39. The molecule has 1 rings (SSSR count). The Morgan fingerprint density at radius 2 is 2.05 bits per heavy atom. The molecule has 1 atom stereocenters. The summed E-state index contributed by atoms with van der Waals surface area (Å²) < 4.78 is 5.00. The van der Waals surface area contributed by atoms with Crippen molar-refractivity contribution in [2.45, 2.75) is 25.8 Å². The summed E-state index contributed by atoms with van der Waals surface area (Å²) in [5.41, 5.74) is 7.19. The topological polar surface area (TPSA) is 55.6 Å². The van der Waals surface area contributed by atoms with Crippen LogP contribution >= 0.6 is 0 Å². The number of carbonyl (C=O) groups excluding carboxylic acids is 1. The van der Waals surface area contributed by atoms with Gasteiger partial charge in [-0.05, 0) is 25.3 Å². The summed E-state index contributed by atoms with van der Waals surface area (Å²) in [4.78, 5) is 13.9. The lowest BCUT2D eigenvalue weighted by Gasteiger charge is -2.24. The zero-order valence-corrected chi connectivity index (χ0v) is 11.8. The van der Waals surface area contributed by atoms with Crippen LogP contribution < -0.4 is 5.73 Å². The highest BCUT2D eigenvalue weighted by Gasteiger charge is 2.19. The monoisotopic (exact) mass is 264 g/mol. The van der Waals surface area contributed by atoms with Crippen LogP contribution in [0.4, 0.5) is 0 Å². The van der Waals surface area contributed by atoms with Crippen LogP contribution in [-0.4, -0.2) is 43.7 Å². The molecule has 0 aliphatic heterocycles. The first-order chi connectivity index (χ1) is 9.19. The number of benzene rings is 1. The van der Waals surface area contributed by atoms with Crippen molar-refractivity contribution in [3.63, 3.8) is 0 Å². The maximum absolute atomic E-state index is 12.1. The molecule has 0 aromatic heterocycles. The number of hydrogen-bond acceptors (Lipinski definition) is 3. The number of nitrogens with two attached hydrogens (primary N) is 1. The molecule has 106 valence electrons. The maximum atomic E-state index is 12.1. The Morgan fingerprint density at radius 3 is 2.63 bits per heavy atom. The number of hydrogen-bond donors (Lipinski definition) is 1. The molecule has 4 nitrogen and oxygen atoms in total. The smallest absolute Gasteiger partial charge is 0.239 e. The van der Waals surface area contributed by atoms with E-state index in [2.05, 4.69) is 12.1 Å². The van der Waals surface area contributed by atoms with Crippen LogP contribution in [0.1, 0.15) is 18.9 Å². The summed E-state index contributed by atoms with van der Waals surface area (Å²) in [6, 6.07) is 9.66. The molecule has 1 aromatic carbocycles. The molecule has 0 heterocycles. The quantitative estimate of drug-likeness (QED) is 0.773. The molecule has 4 heteroatoms. The van der Waals surface area contributed by atoms with E-state index >= 15 is 0 Å². The molecule has 0 saturated carbocycles. The van der Waals surface area contributed by atoms with Crippen molar-refractivity contribution in [1.82, 2.24) is 4.90 Å². The van der Waals surface area contributed by atoms with Gasteiger partial charge in [-0.25, -0.2) is 0 Å². The van der Waals surface area contributed by atoms with Crippen molar-refractivity contribution in [1.29, 1.82) is 0 Å². The summed E-state index contributed by atoms with van der Waals surface area (Å²) in [5, 5.41) is 0. The highest BCUT2D eigenvalue weighted by molar-refractivity contribution is 5.81. The predicted octanol–water partition coefficient (Wildman–Crippen LogP) is 1.44. The Labute approximate surface area is 115 Å². The van der Waals surface area contributed by atoms with Gasteiger partial charge in [0.05, 0.1) is 12.6 Å². The van der Waals surface area contributed by atoms with E-state index in [1.54, 1.807) is 12.0 Å². The third-order valence-electron chi connectivity index (χ3n) is 3.16. The SMILES string of the molecule is CCN(CCOC)C(=O)C(N)CCc1ccccc1. The summed E-state index contributed by atoms with van der Waals surface area (Å²) >= 11 is 0. The van der Waals surface area contributed by atoms with Crippen molar-refractivity contribution in [2.24, 2.45) is 5.73 Å². The second-order valence-electron chi connectivity index (χ2n) is 4.54. The second-order valence-corrected chi connectivity index (χ2v) is 4.54. The number of nitrogens with zero attached hydrogens (tertiary/aromatic N) is 1. The molecule has 0 bridgehead atoms. The molecule has 1 unspecified atom stereocenters. The number of aryl methyl sites for hydroxylation is 1. The number of likely N-dealkylation sites (N-methyl/N-ethyl adjacent to an activating group) is 1. The molecule has 0 aliphatic rings. The zero-order valence-electron chi connectivity index (χ0n) is 11.8. The number of carbonyl (C=O) groups is 1. The molecular weight excluding hydrogens is 240 g/mol. The summed E-state index contributed by atoms with van der Waals surface area (Å²) in [6.07, 6.45) is 1.50. The van der Waals surface area contributed by atoms with Crippen LogP contribution in [0.2, 0.25) is 0 Å². The van der Waals surface area contributed by atoms with Crippen LogP contribution in [0, 0.1) is 0 Å². The lowest BCUT2D eigenvalue weighted by Crippen LogP contribution is -2.45. The van der Waals surface area contributed by atoms with Gasteiger partial charge in [-0.2, -0.15) is 0 Å². The van der Waals surface area contributed by atoms with Gasteiger partial charge >= 0.3 is 0 Å². The van der Waals surface area contributed by atoms with Gasteiger partial charge in [0.25, 0.3) is 0 Å². The van der Waals surface area contributed by atoms with E-state index in [1.807, 2.05) is 25.1 Å². The maximum Gasteiger partial charge on any atom is 0.239 e. The third-order valence-corrected chi connectivity index (χ3v) is 3.16. The van der Waals surface area contributed by atoms with Gasteiger partial charge in [0.2, 0.25) is 5.91 Å². The Kier molecular flexibility index (Phi) is 7.15. The molecule has 0 fully saturated rings. The molecule has 0 aliphatic carbocycles. The first-order valence-corrected chi connectivity index (χ1v) is 6.76. The van der Waals surface area contributed by atoms with Crippen LogP contribution in [0.15, 0.2) is 30.3 Å². The molecular formula is C15H24N2O2. The van der Waals surface area contributed by atoms with Gasteiger partial charge in [0.1, 0.15) is 0 Å². The fraction of sp³-hybridized carbons (Fsp3) is 0.533. The lowest BCUT2D eigenvalue weighted by atomic mass is 10.0. The minimum atomic E-state index is -0.433. The number of ether oxygens (including phenoxy) is 1. The third kappa shape index (κ3) is 5.41. The number of methoxy groups -OCH3 is 1.